The average molecular weight is 324 g/mol. The molecule has 5 saturated heterocycles. The molecule has 2 spiro atoms. The number of ether oxygens (including phenoxy) is 3. The van der Waals surface area contributed by atoms with Gasteiger partial charge in [-0.1, -0.05) is 6.92 Å². The van der Waals surface area contributed by atoms with Crippen LogP contribution in [-0.2, 0) is 28.8 Å². The molecule has 2 bridgehead atoms. The predicted molar refractivity (Wildman–Crippen MR) is 76.8 cm³/mol. The fraction of sp³-hybridized carbons (Fsp3) is 0.941. The van der Waals surface area contributed by atoms with E-state index in [4.69, 9.17) is 24.0 Å². The maximum Gasteiger partial charge on any atom is 0.306 e. The van der Waals surface area contributed by atoms with Crippen LogP contribution < -0.4 is 0 Å². The predicted octanol–water partition coefficient (Wildman–Crippen LogP) is 2.31. The molecule has 0 aromatic heterocycles. The molecular formula is C17H24O6. The van der Waals surface area contributed by atoms with Crippen LogP contribution in [0.3, 0.4) is 0 Å². The highest BCUT2D eigenvalue weighted by Crippen LogP contribution is 2.62. The van der Waals surface area contributed by atoms with Crippen LogP contribution in [-0.4, -0.2) is 35.9 Å². The second kappa shape index (κ2) is 4.48. The number of hydrogen-bond acceptors (Lipinski definition) is 6. The van der Waals surface area contributed by atoms with E-state index in [2.05, 4.69) is 6.92 Å². The normalized spacial score (nSPS) is 57.9. The molecule has 0 aromatic rings. The molecule has 7 atom stereocenters. The maximum atomic E-state index is 11.8. The van der Waals surface area contributed by atoms with Crippen molar-refractivity contribution in [1.29, 1.82) is 0 Å². The molecule has 5 aliphatic heterocycles. The van der Waals surface area contributed by atoms with Crippen molar-refractivity contribution in [3.8, 4) is 0 Å². The van der Waals surface area contributed by atoms with Gasteiger partial charge in [-0.05, 0) is 38.0 Å². The standard InChI is InChI=1S/C17H24O6/c1-10-3-4-12-16(8-6-13(18)20-16)9-19-14-17(12)11(10)5-7-15(2,21-14)22-23-17/h10-12,14H,3-9H2,1-2H3/t10-,11+,12+,14-,15-,16+,17-/m1/s1. The summed E-state index contributed by atoms with van der Waals surface area (Å²) in [4.78, 5) is 23.7. The lowest BCUT2D eigenvalue weighted by atomic mass is 9.56. The van der Waals surface area contributed by atoms with Gasteiger partial charge < -0.3 is 14.2 Å². The third-order valence-electron chi connectivity index (χ3n) is 6.90. The minimum Gasteiger partial charge on any atom is -0.456 e. The van der Waals surface area contributed by atoms with Crippen LogP contribution in [0.2, 0.25) is 0 Å². The van der Waals surface area contributed by atoms with Crippen molar-refractivity contribution in [3.05, 3.63) is 0 Å². The van der Waals surface area contributed by atoms with E-state index in [0.29, 0.717) is 31.3 Å². The number of hydrogen-bond donors (Lipinski definition) is 0. The third kappa shape index (κ3) is 1.75. The second-order valence-electron chi connectivity index (χ2n) is 8.21. The van der Waals surface area contributed by atoms with Crippen molar-refractivity contribution in [3.63, 3.8) is 0 Å². The van der Waals surface area contributed by atoms with Gasteiger partial charge in [0.05, 0.1) is 6.61 Å². The van der Waals surface area contributed by atoms with E-state index in [0.717, 1.165) is 25.7 Å². The Labute approximate surface area is 135 Å². The lowest BCUT2D eigenvalue weighted by molar-refractivity contribution is -0.571. The van der Waals surface area contributed by atoms with Crippen molar-refractivity contribution >= 4 is 5.97 Å². The molecule has 5 heterocycles. The van der Waals surface area contributed by atoms with Crippen molar-refractivity contribution in [2.45, 2.75) is 75.7 Å². The molecule has 0 radical (unpaired) electrons. The fourth-order valence-corrected chi connectivity index (χ4v) is 5.73. The number of carbonyl (C=O) groups is 1. The van der Waals surface area contributed by atoms with Crippen molar-refractivity contribution in [1.82, 2.24) is 0 Å². The minimum atomic E-state index is -0.742. The number of rotatable bonds is 0. The molecule has 23 heavy (non-hydrogen) atoms. The lowest BCUT2D eigenvalue weighted by Gasteiger charge is -2.61. The molecule has 6 nitrogen and oxygen atoms in total. The zero-order valence-corrected chi connectivity index (χ0v) is 13.7. The number of fused-ring (bicyclic) bond motifs is 3. The van der Waals surface area contributed by atoms with Crippen molar-refractivity contribution in [2.24, 2.45) is 17.8 Å². The smallest absolute Gasteiger partial charge is 0.306 e. The Kier molecular flexibility index (Phi) is 2.85. The Hall–Kier alpha value is -0.690. The molecule has 0 N–H and O–H groups in total. The van der Waals surface area contributed by atoms with Crippen LogP contribution >= 0.6 is 0 Å². The summed E-state index contributed by atoms with van der Waals surface area (Å²) in [5, 5.41) is 0. The zero-order valence-electron chi connectivity index (χ0n) is 13.7. The van der Waals surface area contributed by atoms with Gasteiger partial charge in [0.1, 0.15) is 5.60 Å². The van der Waals surface area contributed by atoms with Crippen LogP contribution in [0.4, 0.5) is 0 Å². The van der Waals surface area contributed by atoms with Gasteiger partial charge in [0, 0.05) is 25.2 Å². The molecule has 6 fully saturated rings. The number of esters is 1. The highest BCUT2D eigenvalue weighted by molar-refractivity contribution is 5.72. The summed E-state index contributed by atoms with van der Waals surface area (Å²) in [5.41, 5.74) is -1.23. The van der Waals surface area contributed by atoms with Crippen molar-refractivity contribution < 1.29 is 28.8 Å². The van der Waals surface area contributed by atoms with E-state index in [1.165, 1.54) is 0 Å². The van der Waals surface area contributed by atoms with E-state index in [1.807, 2.05) is 6.92 Å². The SMILES string of the molecule is C[C@@H]1CC[C@H]2[C@]3(CCC(=O)O3)CO[C@@H]3O[C@@]4(C)CC[C@@H]1[C@]32OO4. The van der Waals surface area contributed by atoms with Gasteiger partial charge >= 0.3 is 5.97 Å². The summed E-state index contributed by atoms with van der Waals surface area (Å²) >= 11 is 0. The Morgan fingerprint density at radius 1 is 1.13 bits per heavy atom. The Bertz CT molecular complexity index is 551. The van der Waals surface area contributed by atoms with Crippen LogP contribution in [0.25, 0.3) is 0 Å². The topological polar surface area (TPSA) is 63.2 Å². The Morgan fingerprint density at radius 2 is 2.00 bits per heavy atom. The van der Waals surface area contributed by atoms with E-state index in [9.17, 15) is 4.79 Å². The monoisotopic (exact) mass is 324 g/mol. The Morgan fingerprint density at radius 3 is 2.78 bits per heavy atom. The molecule has 6 aliphatic rings. The largest absolute Gasteiger partial charge is 0.456 e. The quantitative estimate of drug-likeness (QED) is 0.503. The third-order valence-corrected chi connectivity index (χ3v) is 6.90. The van der Waals surface area contributed by atoms with Crippen LogP contribution in [0.1, 0.15) is 52.4 Å². The highest BCUT2D eigenvalue weighted by Gasteiger charge is 2.73. The zero-order chi connectivity index (χ0) is 15.9. The molecule has 1 saturated carbocycles. The summed E-state index contributed by atoms with van der Waals surface area (Å²) in [6, 6.07) is 0. The van der Waals surface area contributed by atoms with Gasteiger partial charge in [-0.25, -0.2) is 9.78 Å². The summed E-state index contributed by atoms with van der Waals surface area (Å²) in [7, 11) is 0. The molecule has 0 amide bonds. The van der Waals surface area contributed by atoms with E-state index >= 15 is 0 Å². The van der Waals surface area contributed by atoms with Gasteiger partial charge in [-0.3, -0.25) is 4.79 Å². The van der Waals surface area contributed by atoms with Gasteiger partial charge in [-0.2, -0.15) is 0 Å². The van der Waals surface area contributed by atoms with Crippen LogP contribution in [0.5, 0.6) is 0 Å². The first-order valence-corrected chi connectivity index (χ1v) is 8.86. The molecule has 1 aliphatic carbocycles. The molecule has 0 aromatic carbocycles. The summed E-state index contributed by atoms with van der Waals surface area (Å²) in [6.45, 7) is 4.59. The maximum absolute atomic E-state index is 11.8. The van der Waals surface area contributed by atoms with E-state index < -0.39 is 23.3 Å². The molecule has 0 unspecified atom stereocenters. The number of carbonyl (C=O) groups excluding carboxylic acids is 1. The second-order valence-corrected chi connectivity index (χ2v) is 8.21. The first-order valence-electron chi connectivity index (χ1n) is 8.86. The van der Waals surface area contributed by atoms with Crippen LogP contribution in [0.15, 0.2) is 0 Å². The molecule has 6 rings (SSSR count). The first-order chi connectivity index (χ1) is 11.0. The molecular weight excluding hydrogens is 300 g/mol. The van der Waals surface area contributed by atoms with Crippen LogP contribution in [0, 0.1) is 17.8 Å². The summed E-state index contributed by atoms with van der Waals surface area (Å²) in [6.07, 6.45) is 4.57. The molecule has 128 valence electrons. The average Bonchev–Trinajstić information content (AvgIpc) is 2.74. The first kappa shape index (κ1) is 14.6. The van der Waals surface area contributed by atoms with E-state index in [1.54, 1.807) is 0 Å². The fourth-order valence-electron chi connectivity index (χ4n) is 5.73. The summed E-state index contributed by atoms with van der Waals surface area (Å²) in [5.74, 6) is 0.0112. The summed E-state index contributed by atoms with van der Waals surface area (Å²) < 4.78 is 18.1. The minimum absolute atomic E-state index is 0.0732. The Balaban J connectivity index is 1.62. The van der Waals surface area contributed by atoms with Gasteiger partial charge in [0.2, 0.25) is 5.79 Å². The lowest BCUT2D eigenvalue weighted by Crippen LogP contribution is -2.73. The molecule has 6 heteroatoms. The van der Waals surface area contributed by atoms with Gasteiger partial charge in [-0.15, -0.1) is 0 Å². The van der Waals surface area contributed by atoms with E-state index in [-0.39, 0.29) is 11.9 Å². The van der Waals surface area contributed by atoms with Gasteiger partial charge in [0.25, 0.3) is 0 Å². The van der Waals surface area contributed by atoms with Crippen molar-refractivity contribution in [2.75, 3.05) is 6.61 Å². The van der Waals surface area contributed by atoms with Gasteiger partial charge in [0.15, 0.2) is 11.9 Å². The highest BCUT2D eigenvalue weighted by atomic mass is 17.3.